The van der Waals surface area contributed by atoms with Gasteiger partial charge in [0.2, 0.25) is 0 Å². The van der Waals surface area contributed by atoms with Gasteiger partial charge in [0.25, 0.3) is 0 Å². The van der Waals surface area contributed by atoms with Crippen molar-refractivity contribution in [1.29, 1.82) is 0 Å². The van der Waals surface area contributed by atoms with Crippen molar-refractivity contribution in [3.05, 3.63) is 29.6 Å². The Bertz CT molecular complexity index is 310. The second-order valence-corrected chi connectivity index (χ2v) is 4.31. The van der Waals surface area contributed by atoms with E-state index in [0.29, 0.717) is 0 Å². The molecule has 0 spiro atoms. The summed E-state index contributed by atoms with van der Waals surface area (Å²) in [7, 11) is 0. The minimum absolute atomic E-state index is 0.171. The van der Waals surface area contributed by atoms with Crippen LogP contribution in [-0.4, -0.2) is 22.2 Å². The van der Waals surface area contributed by atoms with Gasteiger partial charge in [-0.1, -0.05) is 6.07 Å². The molecule has 0 radical (unpaired) electrons. The van der Waals surface area contributed by atoms with Gasteiger partial charge in [-0.25, -0.2) is 0 Å². The maximum atomic E-state index is 9.63. The number of hydrogen-bond donors (Lipinski definition) is 2. The summed E-state index contributed by atoms with van der Waals surface area (Å²) in [5.41, 5.74) is 2.22. The normalized spacial score (nSPS) is 25.7. The second kappa shape index (κ2) is 4.73. The van der Waals surface area contributed by atoms with Crippen molar-refractivity contribution < 1.29 is 5.11 Å². The Hall–Kier alpha value is -0.930. The zero-order valence-corrected chi connectivity index (χ0v) is 9.11. The van der Waals surface area contributed by atoms with Crippen LogP contribution in [0.1, 0.15) is 30.5 Å². The third-order valence-corrected chi connectivity index (χ3v) is 3.00. The molecule has 0 aromatic carbocycles. The van der Waals surface area contributed by atoms with Gasteiger partial charge in [-0.3, -0.25) is 4.98 Å². The largest absolute Gasteiger partial charge is 0.392 e. The molecule has 15 heavy (non-hydrogen) atoms. The van der Waals surface area contributed by atoms with Gasteiger partial charge < -0.3 is 10.4 Å². The van der Waals surface area contributed by atoms with Gasteiger partial charge in [0.05, 0.1) is 11.8 Å². The fraction of sp³-hybridized carbons (Fsp3) is 0.583. The Kier molecular flexibility index (Phi) is 3.34. The number of aliphatic hydroxyl groups is 1. The van der Waals surface area contributed by atoms with Gasteiger partial charge in [-0.05, 0) is 37.8 Å². The molecule has 1 saturated carbocycles. The molecule has 3 heteroatoms. The highest BCUT2D eigenvalue weighted by molar-refractivity contribution is 5.12. The lowest BCUT2D eigenvalue weighted by Crippen LogP contribution is -2.35. The van der Waals surface area contributed by atoms with Crippen LogP contribution in [0.3, 0.4) is 0 Å². The van der Waals surface area contributed by atoms with Crippen LogP contribution in [0.15, 0.2) is 18.3 Å². The van der Waals surface area contributed by atoms with Gasteiger partial charge in [-0.15, -0.1) is 0 Å². The van der Waals surface area contributed by atoms with Crippen molar-refractivity contribution in [2.75, 3.05) is 0 Å². The lowest BCUT2D eigenvalue weighted by atomic mass is 10.2. The molecule has 1 aliphatic rings. The number of pyridine rings is 1. The standard InChI is InChI=1S/C12H18N2O/c1-9-5-6-10(13-7-9)8-14-11-3-2-4-12(11)15/h5-7,11-12,14-15H,2-4,8H2,1H3. The molecule has 1 aromatic heterocycles. The SMILES string of the molecule is Cc1ccc(CNC2CCCC2O)nc1. The number of aryl methyl sites for hydroxylation is 1. The molecular weight excluding hydrogens is 188 g/mol. The summed E-state index contributed by atoms with van der Waals surface area (Å²) in [5, 5.41) is 13.0. The van der Waals surface area contributed by atoms with Crippen LogP contribution in [0.5, 0.6) is 0 Å². The van der Waals surface area contributed by atoms with Gasteiger partial charge in [0, 0.05) is 18.8 Å². The van der Waals surface area contributed by atoms with Crippen molar-refractivity contribution in [2.45, 2.75) is 44.9 Å². The molecule has 2 N–H and O–H groups in total. The third kappa shape index (κ3) is 2.76. The first kappa shape index (κ1) is 10.6. The molecule has 82 valence electrons. The highest BCUT2D eigenvalue weighted by Gasteiger charge is 2.24. The zero-order valence-electron chi connectivity index (χ0n) is 9.11. The van der Waals surface area contributed by atoms with Crippen molar-refractivity contribution in [3.8, 4) is 0 Å². The number of aromatic nitrogens is 1. The lowest BCUT2D eigenvalue weighted by Gasteiger charge is -2.15. The summed E-state index contributed by atoms with van der Waals surface area (Å²) in [6, 6.07) is 4.35. The smallest absolute Gasteiger partial charge is 0.0693 e. The second-order valence-electron chi connectivity index (χ2n) is 4.31. The maximum Gasteiger partial charge on any atom is 0.0693 e. The topological polar surface area (TPSA) is 45.1 Å². The minimum Gasteiger partial charge on any atom is -0.392 e. The van der Waals surface area contributed by atoms with E-state index >= 15 is 0 Å². The van der Waals surface area contributed by atoms with Gasteiger partial charge in [0.15, 0.2) is 0 Å². The minimum atomic E-state index is -0.171. The van der Waals surface area contributed by atoms with E-state index in [-0.39, 0.29) is 12.1 Å². The summed E-state index contributed by atoms with van der Waals surface area (Å²) >= 11 is 0. The highest BCUT2D eigenvalue weighted by atomic mass is 16.3. The first-order valence-electron chi connectivity index (χ1n) is 5.58. The number of hydrogen-bond acceptors (Lipinski definition) is 3. The van der Waals surface area contributed by atoms with Gasteiger partial charge in [-0.2, -0.15) is 0 Å². The lowest BCUT2D eigenvalue weighted by molar-refractivity contribution is 0.148. The molecule has 1 heterocycles. The monoisotopic (exact) mass is 206 g/mol. The van der Waals surface area contributed by atoms with Crippen LogP contribution in [0, 0.1) is 6.92 Å². The molecule has 2 atom stereocenters. The van der Waals surface area contributed by atoms with Crippen LogP contribution in [-0.2, 0) is 6.54 Å². The van der Waals surface area contributed by atoms with E-state index in [4.69, 9.17) is 0 Å². The van der Waals surface area contributed by atoms with E-state index < -0.39 is 0 Å². The van der Waals surface area contributed by atoms with E-state index in [1.807, 2.05) is 19.2 Å². The van der Waals surface area contributed by atoms with E-state index in [9.17, 15) is 5.11 Å². The Morgan fingerprint density at radius 2 is 2.33 bits per heavy atom. The summed E-state index contributed by atoms with van der Waals surface area (Å²) in [6.45, 7) is 2.78. The summed E-state index contributed by atoms with van der Waals surface area (Å²) in [4.78, 5) is 4.32. The molecule has 0 amide bonds. The van der Waals surface area contributed by atoms with Crippen molar-refractivity contribution in [3.63, 3.8) is 0 Å². The number of nitrogens with one attached hydrogen (secondary N) is 1. The van der Waals surface area contributed by atoms with E-state index in [2.05, 4.69) is 16.4 Å². The Balaban J connectivity index is 1.85. The Labute approximate surface area is 90.5 Å². The molecule has 1 fully saturated rings. The maximum absolute atomic E-state index is 9.63. The number of rotatable bonds is 3. The van der Waals surface area contributed by atoms with Gasteiger partial charge >= 0.3 is 0 Å². The molecule has 0 aliphatic heterocycles. The summed E-state index contributed by atoms with van der Waals surface area (Å²) in [5.74, 6) is 0. The molecule has 0 saturated heterocycles. The summed E-state index contributed by atoms with van der Waals surface area (Å²) in [6.07, 6.45) is 4.84. The highest BCUT2D eigenvalue weighted by Crippen LogP contribution is 2.18. The van der Waals surface area contributed by atoms with Gasteiger partial charge in [0.1, 0.15) is 0 Å². The molecule has 2 unspecified atom stereocenters. The molecule has 0 bridgehead atoms. The molecule has 1 aliphatic carbocycles. The van der Waals surface area contributed by atoms with Crippen molar-refractivity contribution in [2.24, 2.45) is 0 Å². The number of nitrogens with zero attached hydrogens (tertiary/aromatic N) is 1. The first-order valence-corrected chi connectivity index (χ1v) is 5.58. The predicted octanol–water partition coefficient (Wildman–Crippen LogP) is 1.39. The average Bonchev–Trinajstić information content (AvgIpc) is 2.63. The van der Waals surface area contributed by atoms with Crippen LogP contribution in [0.25, 0.3) is 0 Å². The molecular formula is C12H18N2O. The van der Waals surface area contributed by atoms with E-state index in [0.717, 1.165) is 31.5 Å². The Morgan fingerprint density at radius 3 is 2.93 bits per heavy atom. The van der Waals surface area contributed by atoms with Crippen LogP contribution >= 0.6 is 0 Å². The Morgan fingerprint density at radius 1 is 1.47 bits per heavy atom. The molecule has 2 rings (SSSR count). The third-order valence-electron chi connectivity index (χ3n) is 3.00. The number of aliphatic hydroxyl groups excluding tert-OH is 1. The quantitative estimate of drug-likeness (QED) is 0.785. The van der Waals surface area contributed by atoms with E-state index in [1.165, 1.54) is 5.56 Å². The van der Waals surface area contributed by atoms with Crippen molar-refractivity contribution >= 4 is 0 Å². The molecule has 1 aromatic rings. The van der Waals surface area contributed by atoms with Crippen LogP contribution in [0.4, 0.5) is 0 Å². The zero-order chi connectivity index (χ0) is 10.7. The van der Waals surface area contributed by atoms with E-state index in [1.54, 1.807) is 0 Å². The fourth-order valence-corrected chi connectivity index (χ4v) is 2.02. The van der Waals surface area contributed by atoms with Crippen LogP contribution < -0.4 is 5.32 Å². The average molecular weight is 206 g/mol. The summed E-state index contributed by atoms with van der Waals surface area (Å²) < 4.78 is 0. The van der Waals surface area contributed by atoms with Crippen LogP contribution in [0.2, 0.25) is 0 Å². The first-order chi connectivity index (χ1) is 7.25. The molecule has 3 nitrogen and oxygen atoms in total. The fourth-order valence-electron chi connectivity index (χ4n) is 2.02. The predicted molar refractivity (Wildman–Crippen MR) is 59.5 cm³/mol. The van der Waals surface area contributed by atoms with Crippen molar-refractivity contribution in [1.82, 2.24) is 10.3 Å².